The SMILES string of the molecule is NCC1CCCC1NC(=O)CCOc1ccccc1. The van der Waals surface area contributed by atoms with Gasteiger partial charge in [0.05, 0.1) is 13.0 Å². The van der Waals surface area contributed by atoms with Gasteiger partial charge in [-0.1, -0.05) is 24.6 Å². The number of amides is 1. The molecule has 1 aromatic rings. The van der Waals surface area contributed by atoms with Gasteiger partial charge >= 0.3 is 0 Å². The maximum absolute atomic E-state index is 11.8. The lowest BCUT2D eigenvalue weighted by Gasteiger charge is -2.19. The number of rotatable bonds is 6. The molecule has 4 heteroatoms. The van der Waals surface area contributed by atoms with Gasteiger partial charge in [0.1, 0.15) is 5.75 Å². The van der Waals surface area contributed by atoms with E-state index in [1.807, 2.05) is 30.3 Å². The van der Waals surface area contributed by atoms with E-state index >= 15 is 0 Å². The number of para-hydroxylation sites is 1. The van der Waals surface area contributed by atoms with Gasteiger partial charge in [0.15, 0.2) is 0 Å². The number of hydrogen-bond acceptors (Lipinski definition) is 3. The Bertz CT molecular complexity index is 394. The van der Waals surface area contributed by atoms with Gasteiger partial charge in [0, 0.05) is 6.04 Å². The average Bonchev–Trinajstić information content (AvgIpc) is 2.87. The molecule has 1 aliphatic carbocycles. The van der Waals surface area contributed by atoms with Crippen molar-refractivity contribution in [1.82, 2.24) is 5.32 Å². The lowest BCUT2D eigenvalue weighted by atomic mass is 10.0. The normalized spacial score (nSPS) is 22.2. The summed E-state index contributed by atoms with van der Waals surface area (Å²) in [6.45, 7) is 1.07. The summed E-state index contributed by atoms with van der Waals surface area (Å²) >= 11 is 0. The Labute approximate surface area is 114 Å². The van der Waals surface area contributed by atoms with E-state index in [4.69, 9.17) is 10.5 Å². The Balaban J connectivity index is 1.67. The molecule has 0 radical (unpaired) electrons. The standard InChI is InChI=1S/C15H22N2O2/c16-11-12-5-4-8-14(12)17-15(18)9-10-19-13-6-2-1-3-7-13/h1-3,6-7,12,14H,4-5,8-11,16H2,(H,17,18). The first-order valence-electron chi connectivity index (χ1n) is 6.97. The lowest BCUT2D eigenvalue weighted by molar-refractivity contribution is -0.122. The van der Waals surface area contributed by atoms with Crippen LogP contribution < -0.4 is 15.8 Å². The molecule has 2 atom stereocenters. The summed E-state index contributed by atoms with van der Waals surface area (Å²) in [6.07, 6.45) is 3.73. The van der Waals surface area contributed by atoms with Gasteiger partial charge in [-0.05, 0) is 37.4 Å². The van der Waals surface area contributed by atoms with E-state index in [9.17, 15) is 4.79 Å². The summed E-state index contributed by atoms with van der Waals surface area (Å²) in [5.74, 6) is 1.30. The van der Waals surface area contributed by atoms with Crippen LogP contribution in [0.25, 0.3) is 0 Å². The van der Waals surface area contributed by atoms with Crippen LogP contribution in [0.4, 0.5) is 0 Å². The first kappa shape index (κ1) is 13.9. The van der Waals surface area contributed by atoms with Crippen molar-refractivity contribution < 1.29 is 9.53 Å². The Morgan fingerprint density at radius 3 is 2.84 bits per heavy atom. The van der Waals surface area contributed by atoms with Crippen molar-refractivity contribution in [2.24, 2.45) is 11.7 Å². The summed E-state index contributed by atoms with van der Waals surface area (Å²) < 4.78 is 5.51. The fourth-order valence-electron chi connectivity index (χ4n) is 2.57. The van der Waals surface area contributed by atoms with Crippen LogP contribution >= 0.6 is 0 Å². The molecule has 0 saturated heterocycles. The summed E-state index contributed by atoms with van der Waals surface area (Å²) in [4.78, 5) is 11.8. The number of benzene rings is 1. The van der Waals surface area contributed by atoms with Gasteiger partial charge in [-0.15, -0.1) is 0 Å². The molecule has 0 aromatic heterocycles. The molecule has 1 aliphatic rings. The Kier molecular flexibility index (Phi) is 5.21. The predicted octanol–water partition coefficient (Wildman–Crippen LogP) is 1.70. The van der Waals surface area contributed by atoms with Crippen molar-refractivity contribution in [1.29, 1.82) is 0 Å². The maximum Gasteiger partial charge on any atom is 0.223 e. The van der Waals surface area contributed by atoms with Crippen LogP contribution in [-0.2, 0) is 4.79 Å². The largest absolute Gasteiger partial charge is 0.493 e. The minimum Gasteiger partial charge on any atom is -0.493 e. The van der Waals surface area contributed by atoms with Crippen molar-refractivity contribution >= 4 is 5.91 Å². The highest BCUT2D eigenvalue weighted by Gasteiger charge is 2.26. The molecule has 2 unspecified atom stereocenters. The Morgan fingerprint density at radius 1 is 1.32 bits per heavy atom. The molecule has 0 spiro atoms. The van der Waals surface area contributed by atoms with Gasteiger partial charge in [-0.25, -0.2) is 0 Å². The quantitative estimate of drug-likeness (QED) is 0.820. The highest BCUT2D eigenvalue weighted by molar-refractivity contribution is 5.76. The summed E-state index contributed by atoms with van der Waals surface area (Å²) in [5, 5.41) is 3.07. The summed E-state index contributed by atoms with van der Waals surface area (Å²) in [6, 6.07) is 9.81. The average molecular weight is 262 g/mol. The molecule has 0 heterocycles. The second-order valence-corrected chi connectivity index (χ2v) is 5.01. The van der Waals surface area contributed by atoms with Crippen molar-refractivity contribution in [3.8, 4) is 5.75 Å². The summed E-state index contributed by atoms with van der Waals surface area (Å²) in [7, 11) is 0. The lowest BCUT2D eigenvalue weighted by Crippen LogP contribution is -2.40. The van der Waals surface area contributed by atoms with Crippen molar-refractivity contribution in [2.75, 3.05) is 13.2 Å². The maximum atomic E-state index is 11.8. The minimum atomic E-state index is 0.0567. The van der Waals surface area contributed by atoms with Gasteiger partial charge in [-0.2, -0.15) is 0 Å². The van der Waals surface area contributed by atoms with Crippen LogP contribution in [0.3, 0.4) is 0 Å². The zero-order chi connectivity index (χ0) is 13.5. The van der Waals surface area contributed by atoms with Crippen LogP contribution in [0.15, 0.2) is 30.3 Å². The fraction of sp³-hybridized carbons (Fsp3) is 0.533. The number of carbonyl (C=O) groups is 1. The van der Waals surface area contributed by atoms with E-state index in [2.05, 4.69) is 5.32 Å². The highest BCUT2D eigenvalue weighted by Crippen LogP contribution is 2.24. The molecule has 2 rings (SSSR count). The number of ether oxygens (including phenoxy) is 1. The first-order valence-corrected chi connectivity index (χ1v) is 6.97. The van der Waals surface area contributed by atoms with E-state index in [0.29, 0.717) is 25.5 Å². The van der Waals surface area contributed by atoms with Crippen LogP contribution in [0.2, 0.25) is 0 Å². The molecule has 3 N–H and O–H groups in total. The number of carbonyl (C=O) groups excluding carboxylic acids is 1. The predicted molar refractivity (Wildman–Crippen MR) is 74.9 cm³/mol. The second kappa shape index (κ2) is 7.14. The molecule has 1 aromatic carbocycles. The van der Waals surface area contributed by atoms with Gasteiger partial charge in [0.25, 0.3) is 0 Å². The van der Waals surface area contributed by atoms with Crippen LogP contribution in [0, 0.1) is 5.92 Å². The first-order chi connectivity index (χ1) is 9.29. The molecule has 0 bridgehead atoms. The van der Waals surface area contributed by atoms with Crippen molar-refractivity contribution in [2.45, 2.75) is 31.7 Å². The molecule has 1 fully saturated rings. The highest BCUT2D eigenvalue weighted by atomic mass is 16.5. The number of hydrogen-bond donors (Lipinski definition) is 2. The smallest absolute Gasteiger partial charge is 0.223 e. The van der Waals surface area contributed by atoms with E-state index in [-0.39, 0.29) is 11.9 Å². The third-order valence-corrected chi connectivity index (χ3v) is 3.65. The molecule has 19 heavy (non-hydrogen) atoms. The van der Waals surface area contributed by atoms with Gasteiger partial charge < -0.3 is 15.8 Å². The topological polar surface area (TPSA) is 64.3 Å². The molecular formula is C15H22N2O2. The number of nitrogens with one attached hydrogen (secondary N) is 1. The third-order valence-electron chi connectivity index (χ3n) is 3.65. The van der Waals surface area contributed by atoms with Crippen LogP contribution in [-0.4, -0.2) is 25.1 Å². The molecule has 4 nitrogen and oxygen atoms in total. The second-order valence-electron chi connectivity index (χ2n) is 5.01. The molecule has 104 valence electrons. The van der Waals surface area contributed by atoms with Crippen LogP contribution in [0.5, 0.6) is 5.75 Å². The number of nitrogens with two attached hydrogens (primary N) is 1. The minimum absolute atomic E-state index is 0.0567. The van der Waals surface area contributed by atoms with Gasteiger partial charge in [-0.3, -0.25) is 4.79 Å². The van der Waals surface area contributed by atoms with Crippen LogP contribution in [0.1, 0.15) is 25.7 Å². The van der Waals surface area contributed by atoms with Gasteiger partial charge in [0.2, 0.25) is 5.91 Å². The molecular weight excluding hydrogens is 240 g/mol. The fourth-order valence-corrected chi connectivity index (χ4v) is 2.57. The zero-order valence-electron chi connectivity index (χ0n) is 11.2. The van der Waals surface area contributed by atoms with Crippen molar-refractivity contribution in [3.05, 3.63) is 30.3 Å². The zero-order valence-corrected chi connectivity index (χ0v) is 11.2. The third kappa shape index (κ3) is 4.24. The molecule has 1 saturated carbocycles. The van der Waals surface area contributed by atoms with E-state index in [1.54, 1.807) is 0 Å². The Morgan fingerprint density at radius 2 is 2.11 bits per heavy atom. The Hall–Kier alpha value is -1.55. The molecule has 1 amide bonds. The summed E-state index contributed by atoms with van der Waals surface area (Å²) in [5.41, 5.74) is 5.70. The monoisotopic (exact) mass is 262 g/mol. The van der Waals surface area contributed by atoms with E-state index < -0.39 is 0 Å². The van der Waals surface area contributed by atoms with E-state index in [1.165, 1.54) is 0 Å². The molecule has 0 aliphatic heterocycles. The van der Waals surface area contributed by atoms with Crippen molar-refractivity contribution in [3.63, 3.8) is 0 Å². The van der Waals surface area contributed by atoms with E-state index in [0.717, 1.165) is 25.0 Å².